The summed E-state index contributed by atoms with van der Waals surface area (Å²) in [5.41, 5.74) is 4.96. The van der Waals surface area contributed by atoms with Gasteiger partial charge in [-0.2, -0.15) is 0 Å². The molecule has 3 N–H and O–H groups in total. The van der Waals surface area contributed by atoms with Crippen LogP contribution in [-0.2, 0) is 14.6 Å². The summed E-state index contributed by atoms with van der Waals surface area (Å²) in [6, 6.07) is 0.432. The van der Waals surface area contributed by atoms with Gasteiger partial charge in [-0.15, -0.1) is 0 Å². The lowest BCUT2D eigenvalue weighted by Gasteiger charge is -2.23. The molecule has 1 amide bonds. The Morgan fingerprint density at radius 1 is 1.44 bits per heavy atom. The van der Waals surface area contributed by atoms with Gasteiger partial charge in [-0.1, -0.05) is 0 Å². The fraction of sp³-hybridized carbons (Fsp3) is 0.909. The number of hydrogen-bond acceptors (Lipinski definition) is 5. The normalized spacial score (nSPS) is 21.3. The molecule has 7 heteroatoms. The lowest BCUT2D eigenvalue weighted by Crippen LogP contribution is -2.39. The van der Waals surface area contributed by atoms with Gasteiger partial charge in [0.05, 0.1) is 11.5 Å². The molecule has 0 saturated carbocycles. The maximum absolute atomic E-state index is 11.7. The van der Waals surface area contributed by atoms with E-state index >= 15 is 0 Å². The fourth-order valence-electron chi connectivity index (χ4n) is 2.27. The van der Waals surface area contributed by atoms with Crippen molar-refractivity contribution >= 4 is 15.7 Å². The van der Waals surface area contributed by atoms with Gasteiger partial charge in [0.2, 0.25) is 5.91 Å². The van der Waals surface area contributed by atoms with E-state index < -0.39 is 15.7 Å². The third-order valence-corrected chi connectivity index (χ3v) is 4.92. The van der Waals surface area contributed by atoms with E-state index in [2.05, 4.69) is 10.2 Å². The first-order valence-electron chi connectivity index (χ1n) is 6.32. The SMILES string of the molecule is CNCC1CCCN1CCS(=O)(=O)CCC(N)=O. The third-order valence-electron chi connectivity index (χ3n) is 3.29. The Labute approximate surface area is 109 Å². The minimum atomic E-state index is -3.17. The van der Waals surface area contributed by atoms with E-state index in [-0.39, 0.29) is 17.9 Å². The van der Waals surface area contributed by atoms with Gasteiger partial charge in [-0.05, 0) is 26.4 Å². The molecule has 1 aliphatic heterocycles. The molecule has 0 radical (unpaired) electrons. The van der Waals surface area contributed by atoms with Gasteiger partial charge in [-0.25, -0.2) is 8.42 Å². The maximum atomic E-state index is 11.7. The quantitative estimate of drug-likeness (QED) is 0.591. The second kappa shape index (κ2) is 7.06. The Morgan fingerprint density at radius 2 is 2.17 bits per heavy atom. The average Bonchev–Trinajstić information content (AvgIpc) is 2.72. The summed E-state index contributed by atoms with van der Waals surface area (Å²) in [6.45, 7) is 2.40. The summed E-state index contributed by atoms with van der Waals surface area (Å²) < 4.78 is 23.4. The van der Waals surface area contributed by atoms with Crippen molar-refractivity contribution in [3.8, 4) is 0 Å². The summed E-state index contributed by atoms with van der Waals surface area (Å²) in [5.74, 6) is -0.583. The van der Waals surface area contributed by atoms with Crippen LogP contribution in [0.1, 0.15) is 19.3 Å². The number of carbonyl (C=O) groups excluding carboxylic acids is 1. The van der Waals surface area contributed by atoms with E-state index in [9.17, 15) is 13.2 Å². The van der Waals surface area contributed by atoms with Crippen molar-refractivity contribution in [3.63, 3.8) is 0 Å². The molecule has 1 unspecified atom stereocenters. The highest BCUT2D eigenvalue weighted by Gasteiger charge is 2.25. The molecule has 1 saturated heterocycles. The predicted octanol–water partition coefficient (Wildman–Crippen LogP) is -1.04. The van der Waals surface area contributed by atoms with Crippen LogP contribution in [0.25, 0.3) is 0 Å². The Bertz CT molecular complexity index is 370. The number of nitrogens with zero attached hydrogens (tertiary/aromatic N) is 1. The van der Waals surface area contributed by atoms with Crippen molar-refractivity contribution < 1.29 is 13.2 Å². The van der Waals surface area contributed by atoms with E-state index in [1.165, 1.54) is 0 Å². The Morgan fingerprint density at radius 3 is 2.78 bits per heavy atom. The molecule has 0 spiro atoms. The lowest BCUT2D eigenvalue weighted by atomic mass is 10.2. The number of rotatable bonds is 8. The summed E-state index contributed by atoms with van der Waals surface area (Å²) in [4.78, 5) is 12.8. The summed E-state index contributed by atoms with van der Waals surface area (Å²) in [5, 5.41) is 3.12. The fourth-order valence-corrected chi connectivity index (χ4v) is 3.50. The van der Waals surface area contributed by atoms with E-state index in [4.69, 9.17) is 5.73 Å². The molecular formula is C11H23N3O3S. The number of carbonyl (C=O) groups is 1. The first-order valence-corrected chi connectivity index (χ1v) is 8.14. The monoisotopic (exact) mass is 277 g/mol. The second-order valence-electron chi connectivity index (χ2n) is 4.76. The molecule has 1 heterocycles. The number of nitrogens with one attached hydrogen (secondary N) is 1. The van der Waals surface area contributed by atoms with Crippen molar-refractivity contribution in [1.29, 1.82) is 0 Å². The van der Waals surface area contributed by atoms with E-state index in [1.807, 2.05) is 7.05 Å². The average molecular weight is 277 g/mol. The Hall–Kier alpha value is -0.660. The molecular weight excluding hydrogens is 254 g/mol. The van der Waals surface area contributed by atoms with Crippen LogP contribution in [0, 0.1) is 0 Å². The van der Waals surface area contributed by atoms with Crippen LogP contribution in [0.4, 0.5) is 0 Å². The molecule has 0 aliphatic carbocycles. The minimum Gasteiger partial charge on any atom is -0.370 e. The van der Waals surface area contributed by atoms with Gasteiger partial charge in [0.25, 0.3) is 0 Å². The summed E-state index contributed by atoms with van der Waals surface area (Å²) in [7, 11) is -1.26. The molecule has 1 rings (SSSR count). The molecule has 1 atom stereocenters. The molecule has 6 nitrogen and oxygen atoms in total. The van der Waals surface area contributed by atoms with Gasteiger partial charge in [0.1, 0.15) is 0 Å². The van der Waals surface area contributed by atoms with E-state index in [1.54, 1.807) is 0 Å². The van der Waals surface area contributed by atoms with Crippen LogP contribution in [-0.4, -0.2) is 63.5 Å². The van der Waals surface area contributed by atoms with Crippen LogP contribution in [0.3, 0.4) is 0 Å². The van der Waals surface area contributed by atoms with Crippen LogP contribution < -0.4 is 11.1 Å². The number of nitrogens with two attached hydrogens (primary N) is 1. The highest BCUT2D eigenvalue weighted by atomic mass is 32.2. The van der Waals surface area contributed by atoms with Gasteiger partial charge in [0, 0.05) is 25.6 Å². The van der Waals surface area contributed by atoms with Crippen molar-refractivity contribution in [3.05, 3.63) is 0 Å². The van der Waals surface area contributed by atoms with Crippen molar-refractivity contribution in [2.45, 2.75) is 25.3 Å². The van der Waals surface area contributed by atoms with Crippen LogP contribution in [0.2, 0.25) is 0 Å². The second-order valence-corrected chi connectivity index (χ2v) is 7.06. The molecule has 0 aromatic carbocycles. The molecule has 18 heavy (non-hydrogen) atoms. The number of likely N-dealkylation sites (N-methyl/N-ethyl adjacent to an activating group) is 1. The van der Waals surface area contributed by atoms with E-state index in [0.29, 0.717) is 12.6 Å². The zero-order chi connectivity index (χ0) is 13.6. The zero-order valence-electron chi connectivity index (χ0n) is 10.9. The predicted molar refractivity (Wildman–Crippen MR) is 71.0 cm³/mol. The third kappa shape index (κ3) is 5.32. The molecule has 1 aliphatic rings. The summed E-state index contributed by atoms with van der Waals surface area (Å²) in [6.07, 6.45) is 2.15. The highest BCUT2D eigenvalue weighted by molar-refractivity contribution is 7.91. The first kappa shape index (κ1) is 15.4. The van der Waals surface area contributed by atoms with E-state index in [0.717, 1.165) is 25.9 Å². The van der Waals surface area contributed by atoms with Crippen LogP contribution >= 0.6 is 0 Å². The Balaban J connectivity index is 2.37. The minimum absolute atomic E-state index is 0.0811. The van der Waals surface area contributed by atoms with Gasteiger partial charge >= 0.3 is 0 Å². The van der Waals surface area contributed by atoms with Crippen LogP contribution in [0.5, 0.6) is 0 Å². The number of hydrogen-bond donors (Lipinski definition) is 2. The smallest absolute Gasteiger partial charge is 0.218 e. The summed E-state index contributed by atoms with van der Waals surface area (Å²) >= 11 is 0. The molecule has 0 bridgehead atoms. The topological polar surface area (TPSA) is 92.5 Å². The van der Waals surface area contributed by atoms with Crippen molar-refractivity contribution in [1.82, 2.24) is 10.2 Å². The standard InChI is InChI=1S/C11H23N3O3S/c1-13-9-10-3-2-5-14(10)6-8-18(16,17)7-4-11(12)15/h10,13H,2-9H2,1H3,(H2,12,15). The molecule has 106 valence electrons. The number of primary amides is 1. The molecule has 0 aromatic heterocycles. The van der Waals surface area contributed by atoms with Gasteiger partial charge in [-0.3, -0.25) is 9.69 Å². The number of likely N-dealkylation sites (tertiary alicyclic amines) is 1. The highest BCUT2D eigenvalue weighted by Crippen LogP contribution is 2.16. The van der Waals surface area contributed by atoms with Crippen molar-refractivity contribution in [2.75, 3.05) is 38.2 Å². The molecule has 0 aromatic rings. The zero-order valence-corrected chi connectivity index (χ0v) is 11.7. The first-order chi connectivity index (χ1) is 8.44. The molecule has 1 fully saturated rings. The number of amides is 1. The largest absolute Gasteiger partial charge is 0.370 e. The van der Waals surface area contributed by atoms with Crippen LogP contribution in [0.15, 0.2) is 0 Å². The lowest BCUT2D eigenvalue weighted by molar-refractivity contribution is -0.117. The maximum Gasteiger partial charge on any atom is 0.218 e. The Kier molecular flexibility index (Phi) is 6.04. The van der Waals surface area contributed by atoms with Crippen molar-refractivity contribution in [2.24, 2.45) is 5.73 Å². The van der Waals surface area contributed by atoms with Gasteiger partial charge in [0.15, 0.2) is 9.84 Å². The van der Waals surface area contributed by atoms with Gasteiger partial charge < -0.3 is 11.1 Å². The number of sulfone groups is 1.